The van der Waals surface area contributed by atoms with Gasteiger partial charge < -0.3 is 9.97 Å². The van der Waals surface area contributed by atoms with Crippen molar-refractivity contribution in [1.82, 2.24) is 0 Å². The van der Waals surface area contributed by atoms with Gasteiger partial charge in [0.25, 0.3) is 5.91 Å². The maximum Gasteiger partial charge on any atom is 0.331 e. The SMILES string of the molecule is Cc1c([B]OC(C)(C)C(C)(C)S)cccc1NC(=O)c1ccc(C(C)(C)C)cc1. The number of rotatable bonds is 6. The Morgan fingerprint density at radius 1 is 0.966 bits per heavy atom. The summed E-state index contributed by atoms with van der Waals surface area (Å²) < 4.78 is 5.73. The first kappa shape index (κ1) is 23.6. The molecule has 2 aromatic carbocycles. The van der Waals surface area contributed by atoms with Crippen molar-refractivity contribution in [2.75, 3.05) is 5.32 Å². The fourth-order valence-electron chi connectivity index (χ4n) is 2.59. The van der Waals surface area contributed by atoms with Gasteiger partial charge in [-0.15, -0.1) is 0 Å². The van der Waals surface area contributed by atoms with Crippen LogP contribution in [-0.4, -0.2) is 23.7 Å². The fourth-order valence-corrected chi connectivity index (χ4v) is 2.64. The molecular formula is C24H33BNO2S. The van der Waals surface area contributed by atoms with Crippen molar-refractivity contribution in [2.24, 2.45) is 0 Å². The largest absolute Gasteiger partial charge is 0.428 e. The van der Waals surface area contributed by atoms with Gasteiger partial charge in [-0.05, 0) is 74.8 Å². The molecule has 0 aliphatic carbocycles. The van der Waals surface area contributed by atoms with E-state index >= 15 is 0 Å². The summed E-state index contributed by atoms with van der Waals surface area (Å²) in [7, 11) is 1.75. The second-order valence-electron chi connectivity index (χ2n) is 9.61. The van der Waals surface area contributed by atoms with E-state index in [4.69, 9.17) is 4.65 Å². The zero-order chi connectivity index (χ0) is 22.0. The summed E-state index contributed by atoms with van der Waals surface area (Å²) in [5, 5.41) is 3.02. The van der Waals surface area contributed by atoms with Crippen molar-refractivity contribution in [3.05, 3.63) is 59.2 Å². The van der Waals surface area contributed by atoms with Crippen LogP contribution >= 0.6 is 12.6 Å². The summed E-state index contributed by atoms with van der Waals surface area (Å²) in [5.41, 5.74) is 4.11. The molecule has 0 aliphatic heterocycles. The Balaban J connectivity index is 2.14. The molecule has 0 saturated carbocycles. The van der Waals surface area contributed by atoms with Gasteiger partial charge in [-0.3, -0.25) is 4.79 Å². The average molecular weight is 410 g/mol. The normalized spacial score (nSPS) is 12.6. The number of nitrogens with one attached hydrogen (secondary N) is 1. The number of thiol groups is 1. The predicted octanol–water partition coefficient (Wildman–Crippen LogP) is 5.29. The lowest BCUT2D eigenvalue weighted by atomic mass is 9.81. The Hall–Kier alpha value is -1.72. The van der Waals surface area contributed by atoms with Crippen LogP contribution in [0, 0.1) is 6.92 Å². The van der Waals surface area contributed by atoms with Crippen molar-refractivity contribution in [3.8, 4) is 0 Å². The molecule has 2 rings (SSSR count). The zero-order valence-electron chi connectivity index (χ0n) is 18.9. The van der Waals surface area contributed by atoms with Gasteiger partial charge in [0, 0.05) is 16.0 Å². The lowest BCUT2D eigenvalue weighted by molar-refractivity contribution is 0.0854. The molecule has 1 N–H and O–H groups in total. The van der Waals surface area contributed by atoms with Crippen LogP contribution in [0.2, 0.25) is 0 Å². The van der Waals surface area contributed by atoms with E-state index in [1.165, 1.54) is 5.56 Å². The van der Waals surface area contributed by atoms with Crippen LogP contribution in [0.15, 0.2) is 42.5 Å². The lowest BCUT2D eigenvalue weighted by Crippen LogP contribution is -2.46. The number of anilines is 1. The Morgan fingerprint density at radius 2 is 1.55 bits per heavy atom. The Kier molecular flexibility index (Phi) is 6.96. The average Bonchev–Trinajstić information content (AvgIpc) is 2.61. The Labute approximate surface area is 182 Å². The standard InChI is InChI=1S/C24H33BNO2S/c1-16-19(25-28-23(5,6)24(7,8)29)10-9-11-20(16)26-21(27)17-12-14-18(15-13-17)22(2,3)4/h9-15,29H,1-8H3,(H,26,27). The van der Waals surface area contributed by atoms with Gasteiger partial charge in [0.05, 0.1) is 5.60 Å². The van der Waals surface area contributed by atoms with Gasteiger partial charge in [0.1, 0.15) is 0 Å². The quantitative estimate of drug-likeness (QED) is 0.502. The maximum absolute atomic E-state index is 12.7. The lowest BCUT2D eigenvalue weighted by Gasteiger charge is -2.38. The van der Waals surface area contributed by atoms with Gasteiger partial charge in [-0.1, -0.05) is 45.0 Å². The van der Waals surface area contributed by atoms with E-state index in [1.807, 2.05) is 77.1 Å². The maximum atomic E-state index is 12.7. The zero-order valence-corrected chi connectivity index (χ0v) is 19.8. The second-order valence-corrected chi connectivity index (χ2v) is 10.7. The molecule has 1 amide bonds. The van der Waals surface area contributed by atoms with Crippen LogP contribution in [0.4, 0.5) is 5.69 Å². The van der Waals surface area contributed by atoms with Crippen molar-refractivity contribution in [1.29, 1.82) is 0 Å². The third kappa shape index (κ3) is 5.89. The molecule has 0 bridgehead atoms. The van der Waals surface area contributed by atoms with E-state index in [0.717, 1.165) is 16.7 Å². The molecule has 1 radical (unpaired) electrons. The van der Waals surface area contributed by atoms with E-state index in [1.54, 1.807) is 7.48 Å². The van der Waals surface area contributed by atoms with E-state index in [9.17, 15) is 4.79 Å². The number of carbonyl (C=O) groups excluding carboxylic acids is 1. The number of benzene rings is 2. The molecule has 0 fully saturated rings. The molecule has 5 heteroatoms. The highest BCUT2D eigenvalue weighted by Crippen LogP contribution is 2.30. The van der Waals surface area contributed by atoms with Crippen LogP contribution in [0.5, 0.6) is 0 Å². The molecule has 3 nitrogen and oxygen atoms in total. The molecule has 155 valence electrons. The van der Waals surface area contributed by atoms with Crippen LogP contribution < -0.4 is 10.8 Å². The summed E-state index contributed by atoms with van der Waals surface area (Å²) >= 11 is 4.64. The molecule has 0 saturated heterocycles. The molecule has 0 atom stereocenters. The highest BCUT2D eigenvalue weighted by atomic mass is 32.1. The van der Waals surface area contributed by atoms with Crippen molar-refractivity contribution < 1.29 is 9.45 Å². The minimum Gasteiger partial charge on any atom is -0.428 e. The first-order valence-corrected chi connectivity index (χ1v) is 10.4. The Morgan fingerprint density at radius 3 is 2.07 bits per heavy atom. The molecule has 0 aliphatic rings. The molecule has 0 heterocycles. The molecular weight excluding hydrogens is 377 g/mol. The third-order valence-electron chi connectivity index (χ3n) is 5.59. The highest BCUT2D eigenvalue weighted by molar-refractivity contribution is 7.81. The number of hydrogen-bond donors (Lipinski definition) is 2. The third-order valence-corrected chi connectivity index (χ3v) is 6.13. The van der Waals surface area contributed by atoms with Crippen LogP contribution in [-0.2, 0) is 10.1 Å². The van der Waals surface area contributed by atoms with Gasteiger partial charge >= 0.3 is 7.48 Å². The number of amides is 1. The molecule has 0 spiro atoms. The van der Waals surface area contributed by atoms with Gasteiger partial charge in [0.15, 0.2) is 0 Å². The highest BCUT2D eigenvalue weighted by Gasteiger charge is 2.34. The van der Waals surface area contributed by atoms with Crippen LogP contribution in [0.3, 0.4) is 0 Å². The minimum atomic E-state index is -0.448. The van der Waals surface area contributed by atoms with Crippen molar-refractivity contribution in [2.45, 2.75) is 71.2 Å². The number of carbonyl (C=O) groups is 1. The molecule has 0 unspecified atom stereocenters. The molecule has 2 aromatic rings. The topological polar surface area (TPSA) is 38.3 Å². The summed E-state index contributed by atoms with van der Waals surface area (Å²) in [6, 6.07) is 13.6. The summed E-state index contributed by atoms with van der Waals surface area (Å²) in [4.78, 5) is 12.7. The Bertz CT molecular complexity index is 862. The first-order chi connectivity index (χ1) is 13.2. The van der Waals surface area contributed by atoms with E-state index in [2.05, 4.69) is 38.7 Å². The predicted molar refractivity (Wildman–Crippen MR) is 128 cm³/mol. The van der Waals surface area contributed by atoms with Crippen molar-refractivity contribution >= 4 is 37.2 Å². The number of hydrogen-bond acceptors (Lipinski definition) is 3. The summed E-state index contributed by atoms with van der Waals surface area (Å²) in [5.74, 6) is -0.122. The van der Waals surface area contributed by atoms with Gasteiger partial charge in [-0.25, -0.2) is 0 Å². The van der Waals surface area contributed by atoms with Crippen LogP contribution in [0.25, 0.3) is 0 Å². The van der Waals surface area contributed by atoms with Crippen LogP contribution in [0.1, 0.15) is 70.0 Å². The second kappa shape index (κ2) is 8.57. The fraction of sp³-hybridized carbons (Fsp3) is 0.458. The summed E-state index contributed by atoms with van der Waals surface area (Å²) in [6.45, 7) is 16.5. The van der Waals surface area contributed by atoms with E-state index < -0.39 is 5.60 Å². The molecule has 0 aromatic heterocycles. The van der Waals surface area contributed by atoms with Crippen molar-refractivity contribution in [3.63, 3.8) is 0 Å². The van der Waals surface area contributed by atoms with Gasteiger partial charge in [-0.2, -0.15) is 12.6 Å². The molecule has 29 heavy (non-hydrogen) atoms. The minimum absolute atomic E-state index is 0.0606. The smallest absolute Gasteiger partial charge is 0.331 e. The summed E-state index contributed by atoms with van der Waals surface area (Å²) in [6.07, 6.45) is 0. The first-order valence-electron chi connectivity index (χ1n) is 9.97. The van der Waals surface area contributed by atoms with E-state index in [-0.39, 0.29) is 16.1 Å². The monoisotopic (exact) mass is 410 g/mol. The van der Waals surface area contributed by atoms with Gasteiger partial charge in [0.2, 0.25) is 0 Å². The van der Waals surface area contributed by atoms with E-state index in [0.29, 0.717) is 5.56 Å².